The van der Waals surface area contributed by atoms with Crippen LogP contribution < -0.4 is 14.8 Å². The van der Waals surface area contributed by atoms with E-state index in [1.54, 1.807) is 31.2 Å². The van der Waals surface area contributed by atoms with Crippen LogP contribution in [0.4, 0.5) is 0 Å². The molecule has 11 heteroatoms. The highest BCUT2D eigenvalue weighted by Gasteiger charge is 2.56. The van der Waals surface area contributed by atoms with Crippen LogP contribution in [0, 0.1) is 6.92 Å². The molecule has 4 aliphatic rings. The van der Waals surface area contributed by atoms with Crippen LogP contribution in [0.3, 0.4) is 0 Å². The molecular formula is C37H34N2O9. The Morgan fingerprint density at radius 3 is 2.38 bits per heavy atom. The molecule has 1 fully saturated rings. The van der Waals surface area contributed by atoms with E-state index in [0.717, 1.165) is 12.8 Å². The number of hydrogen-bond donors (Lipinski definition) is 3. The molecule has 1 saturated carbocycles. The van der Waals surface area contributed by atoms with Crippen molar-refractivity contribution in [3.63, 3.8) is 0 Å². The predicted octanol–water partition coefficient (Wildman–Crippen LogP) is 4.93. The van der Waals surface area contributed by atoms with Crippen molar-refractivity contribution < 1.29 is 43.7 Å². The summed E-state index contributed by atoms with van der Waals surface area (Å²) in [6.07, 6.45) is 3.83. The number of hydrogen-bond acceptors (Lipinski definition) is 10. The number of phenols is 2. The molecule has 3 aromatic rings. The zero-order chi connectivity index (χ0) is 34.4. The summed E-state index contributed by atoms with van der Waals surface area (Å²) >= 11 is 0. The van der Waals surface area contributed by atoms with Gasteiger partial charge >= 0.3 is 0 Å². The van der Waals surface area contributed by atoms with Gasteiger partial charge in [-0.3, -0.25) is 28.9 Å². The fourth-order valence-corrected chi connectivity index (χ4v) is 7.87. The summed E-state index contributed by atoms with van der Waals surface area (Å²) in [7, 11) is 1.53. The molecule has 0 aromatic heterocycles. The fourth-order valence-electron chi connectivity index (χ4n) is 7.87. The summed E-state index contributed by atoms with van der Waals surface area (Å²) in [4.78, 5) is 69.8. The lowest BCUT2D eigenvalue weighted by molar-refractivity contribution is -0.123. The van der Waals surface area contributed by atoms with E-state index in [1.807, 2.05) is 6.07 Å². The molecule has 0 spiro atoms. The normalized spacial score (nSPS) is 24.2. The average Bonchev–Trinajstić information content (AvgIpc) is 3.35. The lowest BCUT2D eigenvalue weighted by atomic mass is 9.70. The largest absolute Gasteiger partial charge is 0.507 e. The van der Waals surface area contributed by atoms with Crippen molar-refractivity contribution in [2.75, 3.05) is 7.11 Å². The van der Waals surface area contributed by atoms with Crippen LogP contribution in [0.25, 0.3) is 10.8 Å². The van der Waals surface area contributed by atoms with E-state index in [0.29, 0.717) is 40.5 Å². The van der Waals surface area contributed by atoms with Crippen molar-refractivity contribution >= 4 is 39.9 Å². The molecule has 3 N–H and O–H groups in total. The maximum Gasteiger partial charge on any atom is 0.261 e. The van der Waals surface area contributed by atoms with Gasteiger partial charge in [0.25, 0.3) is 11.8 Å². The van der Waals surface area contributed by atoms with E-state index < -0.39 is 58.2 Å². The van der Waals surface area contributed by atoms with Crippen molar-refractivity contribution in [1.82, 2.24) is 10.2 Å². The van der Waals surface area contributed by atoms with Crippen LogP contribution in [0.5, 0.6) is 23.0 Å². The second kappa shape index (κ2) is 10.8. The van der Waals surface area contributed by atoms with Crippen LogP contribution >= 0.6 is 0 Å². The predicted molar refractivity (Wildman–Crippen MR) is 173 cm³/mol. The first-order valence-corrected chi connectivity index (χ1v) is 15.9. The van der Waals surface area contributed by atoms with Gasteiger partial charge in [0, 0.05) is 45.3 Å². The van der Waals surface area contributed by atoms with Crippen LogP contribution in [-0.4, -0.2) is 63.5 Å². The van der Waals surface area contributed by atoms with Gasteiger partial charge in [-0.25, -0.2) is 0 Å². The van der Waals surface area contributed by atoms with Crippen molar-refractivity contribution in [2.45, 2.75) is 70.9 Å². The summed E-state index contributed by atoms with van der Waals surface area (Å²) in [5.41, 5.74) is -0.970. The molecule has 3 atom stereocenters. The summed E-state index contributed by atoms with van der Waals surface area (Å²) in [6, 6.07) is 7.62. The van der Waals surface area contributed by atoms with E-state index in [9.17, 15) is 34.2 Å². The third kappa shape index (κ3) is 4.09. The Kier molecular flexibility index (Phi) is 7.01. The van der Waals surface area contributed by atoms with Crippen LogP contribution in [0.15, 0.2) is 53.4 Å². The molecule has 2 amide bonds. The number of aromatic hydroxyl groups is 2. The minimum absolute atomic E-state index is 0.00146. The number of imide groups is 1. The Hall–Kier alpha value is -5.45. The van der Waals surface area contributed by atoms with Crippen molar-refractivity contribution in [1.29, 1.82) is 0 Å². The topological polar surface area (TPSA) is 160 Å². The molecule has 0 saturated heterocycles. The van der Waals surface area contributed by atoms with E-state index in [-0.39, 0.29) is 39.5 Å². The number of ketones is 3. The highest BCUT2D eigenvalue weighted by molar-refractivity contribution is 6.31. The molecule has 11 nitrogen and oxygen atoms in total. The van der Waals surface area contributed by atoms with Gasteiger partial charge in [-0.05, 0) is 58.7 Å². The van der Waals surface area contributed by atoms with E-state index in [4.69, 9.17) is 9.47 Å². The first-order valence-electron chi connectivity index (χ1n) is 15.9. The van der Waals surface area contributed by atoms with Gasteiger partial charge < -0.3 is 25.0 Å². The van der Waals surface area contributed by atoms with Crippen molar-refractivity contribution in [3.05, 3.63) is 81.3 Å². The zero-order valence-corrected chi connectivity index (χ0v) is 27.1. The third-order valence-corrected chi connectivity index (χ3v) is 10.3. The summed E-state index contributed by atoms with van der Waals surface area (Å²) < 4.78 is 11.4. The molecule has 2 heterocycles. The number of carbonyl (C=O) groups is 5. The van der Waals surface area contributed by atoms with Crippen LogP contribution in [-0.2, 0) is 15.0 Å². The minimum atomic E-state index is -1.66. The molecule has 48 heavy (non-hydrogen) atoms. The molecule has 0 radical (unpaired) electrons. The quantitative estimate of drug-likeness (QED) is 0.150. The lowest BCUT2D eigenvalue weighted by Gasteiger charge is -2.41. The molecular weight excluding hydrogens is 616 g/mol. The molecule has 246 valence electrons. The minimum Gasteiger partial charge on any atom is -0.507 e. The number of carbonyl (C=O) groups excluding carboxylic acids is 5. The standard InChI is InChI=1S/C37H34N2O9/c1-16-31(42)28(18(3)40)33-30(32(16)43)37(4)26(48-33)15-24(41)27(34(37)44)17(2)38-22-11-6-7-12-23(22)39-35(45)20-10-8-9-19-25(47-5)14-13-21(29(19)20)36(39)46/h8-10,13-15,22-23,38,42-43H,6-7,11-12H2,1-5H3/b27-17-/t22-,23-,37+/m1/s1. The third-order valence-electron chi connectivity index (χ3n) is 10.3. The monoisotopic (exact) mass is 650 g/mol. The number of benzene rings is 3. The Balaban J connectivity index is 1.27. The van der Waals surface area contributed by atoms with Gasteiger partial charge in [-0.2, -0.15) is 0 Å². The SMILES string of the molecule is COc1ccc2c3c(cccc13)C(=O)N([C@@H]1CCCC[C@H]1N/C(C)=C1/C(=O)C=C3Oc4c(C(C)=O)c(O)c(C)c(O)c4[C@@]3(C)C1=O)C2=O. The van der Waals surface area contributed by atoms with E-state index >= 15 is 0 Å². The number of amides is 2. The number of methoxy groups -OCH3 is 1. The number of fused-ring (bicyclic) bond motifs is 3. The smallest absolute Gasteiger partial charge is 0.261 e. The number of nitrogens with zero attached hydrogens (tertiary/aromatic N) is 1. The Morgan fingerprint density at radius 2 is 1.69 bits per heavy atom. The van der Waals surface area contributed by atoms with Gasteiger partial charge in [0.05, 0.1) is 24.3 Å². The molecule has 2 aliphatic heterocycles. The van der Waals surface area contributed by atoms with E-state index in [2.05, 4.69) is 5.32 Å². The maximum absolute atomic E-state index is 14.4. The van der Waals surface area contributed by atoms with E-state index in [1.165, 1.54) is 38.9 Å². The number of ether oxygens (including phenoxy) is 2. The Labute approximate surface area is 275 Å². The van der Waals surface area contributed by atoms with Gasteiger partial charge in [0.2, 0.25) is 0 Å². The van der Waals surface area contributed by atoms with Crippen molar-refractivity contribution in [2.24, 2.45) is 0 Å². The molecule has 7 rings (SSSR count). The molecule has 0 bridgehead atoms. The summed E-state index contributed by atoms with van der Waals surface area (Å²) in [5, 5.41) is 26.3. The number of allylic oxidation sites excluding steroid dienone is 4. The highest BCUT2D eigenvalue weighted by atomic mass is 16.5. The first kappa shape index (κ1) is 31.2. The zero-order valence-electron chi connectivity index (χ0n) is 27.1. The average molecular weight is 651 g/mol. The van der Waals surface area contributed by atoms with Crippen molar-refractivity contribution in [3.8, 4) is 23.0 Å². The first-order chi connectivity index (χ1) is 22.8. The fraction of sp³-hybridized carbons (Fsp3) is 0.324. The van der Waals surface area contributed by atoms with Gasteiger partial charge in [-0.1, -0.05) is 25.0 Å². The number of Topliss-reactive ketones (excluding diaryl/α,β-unsaturated/α-hetero) is 2. The molecule has 2 aliphatic carbocycles. The lowest BCUT2D eigenvalue weighted by Crippen LogP contribution is -2.57. The highest BCUT2D eigenvalue weighted by Crippen LogP contribution is 2.57. The van der Waals surface area contributed by atoms with Gasteiger partial charge in [0.1, 0.15) is 39.7 Å². The summed E-state index contributed by atoms with van der Waals surface area (Å²) in [5.74, 6) is -3.20. The second-order valence-electron chi connectivity index (χ2n) is 13.0. The Morgan fingerprint density at radius 1 is 1.00 bits per heavy atom. The second-order valence-corrected chi connectivity index (χ2v) is 13.0. The maximum atomic E-state index is 14.4. The summed E-state index contributed by atoms with van der Waals surface area (Å²) in [6.45, 7) is 5.76. The Bertz CT molecular complexity index is 2090. The van der Waals surface area contributed by atoms with Gasteiger partial charge in [0.15, 0.2) is 17.3 Å². The van der Waals surface area contributed by atoms with Crippen LogP contribution in [0.1, 0.15) is 88.7 Å². The number of rotatable bonds is 5. The molecule has 3 aromatic carbocycles. The van der Waals surface area contributed by atoms with Gasteiger partial charge in [-0.15, -0.1) is 0 Å². The number of phenolic OH excluding ortho intramolecular Hbond substituents is 2. The molecule has 0 unspecified atom stereocenters. The number of nitrogens with one attached hydrogen (secondary N) is 1. The van der Waals surface area contributed by atoms with Crippen LogP contribution in [0.2, 0.25) is 0 Å².